The summed E-state index contributed by atoms with van der Waals surface area (Å²) in [7, 11) is -2.63. The lowest BCUT2D eigenvalue weighted by Crippen LogP contribution is -2.06. The molecule has 2 aliphatic rings. The lowest BCUT2D eigenvalue weighted by molar-refractivity contribution is 0.0691. The van der Waals surface area contributed by atoms with E-state index in [4.69, 9.17) is 5.10 Å². The molecule has 2 saturated carbocycles. The number of aromatic carboxylic acids is 1. The number of hydrogen-bond donors (Lipinski definition) is 2. The van der Waals surface area contributed by atoms with Crippen molar-refractivity contribution in [2.75, 3.05) is 0 Å². The van der Waals surface area contributed by atoms with Crippen molar-refractivity contribution in [3.63, 3.8) is 0 Å². The van der Waals surface area contributed by atoms with Crippen LogP contribution in [0.25, 0.3) is 16.4 Å². The number of aromatic nitrogens is 3. The summed E-state index contributed by atoms with van der Waals surface area (Å²) in [5.74, 6) is 0.0997. The van der Waals surface area contributed by atoms with Gasteiger partial charge in [-0.05, 0) is 73.3 Å². The maximum Gasteiger partial charge on any atom is 0.355 e. The molecule has 1 N–H and O–H groups in total. The molecule has 2 fully saturated rings. The van der Waals surface area contributed by atoms with E-state index >= 15 is 0 Å². The molecule has 2 aromatic carbocycles. The van der Waals surface area contributed by atoms with Gasteiger partial charge in [0.05, 0.1) is 16.3 Å². The predicted octanol–water partition coefficient (Wildman–Crippen LogP) is 5.87. The molecular formula is C29H29N3O4S2. The van der Waals surface area contributed by atoms with E-state index in [2.05, 4.69) is 29.2 Å². The van der Waals surface area contributed by atoms with Gasteiger partial charge >= 0.3 is 5.97 Å². The highest BCUT2D eigenvalue weighted by Crippen LogP contribution is 2.40. The van der Waals surface area contributed by atoms with Crippen LogP contribution in [0.15, 0.2) is 58.8 Å². The van der Waals surface area contributed by atoms with Crippen LogP contribution in [-0.4, -0.2) is 34.3 Å². The van der Waals surface area contributed by atoms with Gasteiger partial charge in [0, 0.05) is 22.9 Å². The van der Waals surface area contributed by atoms with E-state index in [9.17, 15) is 18.3 Å². The van der Waals surface area contributed by atoms with Crippen LogP contribution in [0.3, 0.4) is 0 Å². The van der Waals surface area contributed by atoms with Gasteiger partial charge in [-0.2, -0.15) is 5.10 Å². The molecule has 2 aliphatic carbocycles. The molecule has 2 aromatic heterocycles. The number of rotatable bonds is 9. The van der Waals surface area contributed by atoms with Gasteiger partial charge in [-0.1, -0.05) is 43.2 Å². The fourth-order valence-corrected chi connectivity index (χ4v) is 6.63. The number of nitrogens with zero attached hydrogens (tertiary/aromatic N) is 3. The molecule has 0 atom stereocenters. The van der Waals surface area contributed by atoms with Crippen LogP contribution in [-0.2, 0) is 23.5 Å². The lowest BCUT2D eigenvalue weighted by atomic mass is 9.92. The Balaban J connectivity index is 1.49. The van der Waals surface area contributed by atoms with Crippen LogP contribution in [0.2, 0.25) is 0 Å². The van der Waals surface area contributed by atoms with Gasteiger partial charge in [0.25, 0.3) is 0 Å². The molecule has 4 aromatic rings. The number of thiazole rings is 1. The number of benzene rings is 2. The molecule has 0 amide bonds. The Labute approximate surface area is 227 Å². The molecule has 2 heterocycles. The largest absolute Gasteiger partial charge is 0.476 e. The topological polar surface area (TPSA) is 102 Å². The van der Waals surface area contributed by atoms with Crippen molar-refractivity contribution in [2.24, 2.45) is 5.92 Å². The van der Waals surface area contributed by atoms with E-state index in [1.54, 1.807) is 17.5 Å². The SMILES string of the molecule is O=C(O)c1csc(-n2nc(-c3cccc(C4CCCC4)c3)c(Cc3ccc([SH](=O)=O)cc3)c2CC2CC2)n1. The fraction of sp³-hybridized carbons (Fsp3) is 0.345. The molecule has 0 aliphatic heterocycles. The zero-order valence-electron chi connectivity index (χ0n) is 20.9. The summed E-state index contributed by atoms with van der Waals surface area (Å²) in [6, 6.07) is 15.7. The molecule has 0 radical (unpaired) electrons. The van der Waals surface area contributed by atoms with Crippen molar-refractivity contribution in [1.82, 2.24) is 14.8 Å². The highest BCUT2D eigenvalue weighted by Gasteiger charge is 2.29. The van der Waals surface area contributed by atoms with Gasteiger partial charge in [-0.25, -0.2) is 22.9 Å². The second-order valence-electron chi connectivity index (χ2n) is 10.4. The smallest absolute Gasteiger partial charge is 0.355 e. The zero-order chi connectivity index (χ0) is 26.2. The Hall–Kier alpha value is -3.30. The molecule has 196 valence electrons. The summed E-state index contributed by atoms with van der Waals surface area (Å²) >= 11 is 1.29. The average molecular weight is 548 g/mol. The van der Waals surface area contributed by atoms with Crippen LogP contribution in [0.1, 0.15) is 77.3 Å². The molecule has 0 spiro atoms. The minimum Gasteiger partial charge on any atom is -0.476 e. The van der Waals surface area contributed by atoms with E-state index in [0.717, 1.165) is 34.5 Å². The van der Waals surface area contributed by atoms with E-state index in [-0.39, 0.29) is 5.69 Å². The van der Waals surface area contributed by atoms with Crippen LogP contribution in [0.5, 0.6) is 0 Å². The van der Waals surface area contributed by atoms with E-state index < -0.39 is 16.7 Å². The first kappa shape index (κ1) is 25.0. The van der Waals surface area contributed by atoms with Crippen molar-refractivity contribution in [3.8, 4) is 16.4 Å². The Morgan fingerprint density at radius 1 is 1.05 bits per heavy atom. The minimum absolute atomic E-state index is 0.0199. The van der Waals surface area contributed by atoms with Gasteiger partial charge in [0.2, 0.25) is 5.13 Å². The van der Waals surface area contributed by atoms with Crippen LogP contribution in [0, 0.1) is 5.92 Å². The van der Waals surface area contributed by atoms with Crippen molar-refractivity contribution in [2.45, 2.75) is 62.2 Å². The van der Waals surface area contributed by atoms with Gasteiger partial charge in [-0.15, -0.1) is 11.3 Å². The molecule has 7 nitrogen and oxygen atoms in total. The van der Waals surface area contributed by atoms with Gasteiger partial charge in [0.1, 0.15) is 0 Å². The second kappa shape index (κ2) is 10.5. The fourth-order valence-electron chi connectivity index (χ4n) is 5.46. The zero-order valence-corrected chi connectivity index (χ0v) is 22.6. The van der Waals surface area contributed by atoms with E-state index in [1.165, 1.54) is 55.4 Å². The second-order valence-corrected chi connectivity index (χ2v) is 12.2. The Morgan fingerprint density at radius 2 is 1.82 bits per heavy atom. The number of carboxylic acids is 1. The summed E-state index contributed by atoms with van der Waals surface area (Å²) in [6.45, 7) is 0. The number of carbonyl (C=O) groups is 1. The maximum absolute atomic E-state index is 11.6. The van der Waals surface area contributed by atoms with Gasteiger partial charge in [-0.3, -0.25) is 0 Å². The first-order valence-electron chi connectivity index (χ1n) is 13.1. The third-order valence-electron chi connectivity index (χ3n) is 7.68. The van der Waals surface area contributed by atoms with Crippen LogP contribution < -0.4 is 0 Å². The molecule has 6 rings (SSSR count). The summed E-state index contributed by atoms with van der Waals surface area (Å²) in [6.07, 6.45) is 8.73. The standard InChI is InChI=1S/C29H29N3O4S2/c33-28(34)25-17-37-29(30-25)32-26(15-19-8-9-19)24(14-18-10-12-23(13-11-18)38(35)36)27(31-32)22-7-3-6-21(16-22)20-4-1-2-5-20/h3,6-7,10-13,16-17,19-20,38H,1-2,4-5,8-9,14-15H2,(H,33,34). The Bertz CT molecular complexity index is 1550. The summed E-state index contributed by atoms with van der Waals surface area (Å²) in [5, 5.41) is 16.7. The van der Waals surface area contributed by atoms with E-state index in [0.29, 0.717) is 28.3 Å². The quantitative estimate of drug-likeness (QED) is 0.254. The third kappa shape index (κ3) is 5.17. The Kier molecular flexibility index (Phi) is 6.88. The minimum atomic E-state index is -2.63. The number of carboxylic acid groups (broad SMARTS) is 1. The normalized spacial score (nSPS) is 15.9. The van der Waals surface area contributed by atoms with Crippen molar-refractivity contribution in [1.29, 1.82) is 0 Å². The third-order valence-corrected chi connectivity index (χ3v) is 9.21. The predicted molar refractivity (Wildman–Crippen MR) is 147 cm³/mol. The molecular weight excluding hydrogens is 518 g/mol. The highest BCUT2D eigenvalue weighted by atomic mass is 32.2. The first-order chi connectivity index (χ1) is 18.5. The Morgan fingerprint density at radius 3 is 2.47 bits per heavy atom. The molecule has 0 saturated heterocycles. The van der Waals surface area contributed by atoms with Gasteiger partial charge < -0.3 is 5.11 Å². The lowest BCUT2D eigenvalue weighted by Gasteiger charge is -2.12. The van der Waals surface area contributed by atoms with Crippen molar-refractivity contribution >= 4 is 28.0 Å². The molecule has 0 bridgehead atoms. The summed E-state index contributed by atoms with van der Waals surface area (Å²) in [4.78, 5) is 16.2. The van der Waals surface area contributed by atoms with Crippen molar-refractivity contribution < 1.29 is 18.3 Å². The van der Waals surface area contributed by atoms with E-state index in [1.807, 2.05) is 16.8 Å². The summed E-state index contributed by atoms with van der Waals surface area (Å²) < 4.78 is 24.7. The summed E-state index contributed by atoms with van der Waals surface area (Å²) in [5.41, 5.74) is 6.44. The molecule has 38 heavy (non-hydrogen) atoms. The first-order valence-corrected chi connectivity index (χ1v) is 15.2. The molecule has 9 heteroatoms. The van der Waals surface area contributed by atoms with Crippen LogP contribution >= 0.6 is 11.3 Å². The highest BCUT2D eigenvalue weighted by molar-refractivity contribution is 7.72. The monoisotopic (exact) mass is 547 g/mol. The maximum atomic E-state index is 11.6. The number of hydrogen-bond acceptors (Lipinski definition) is 6. The number of thiol groups is 1. The van der Waals surface area contributed by atoms with Gasteiger partial charge in [0.15, 0.2) is 16.4 Å². The van der Waals surface area contributed by atoms with Crippen molar-refractivity contribution in [3.05, 3.63) is 82.0 Å². The van der Waals surface area contributed by atoms with Crippen LogP contribution in [0.4, 0.5) is 0 Å². The molecule has 0 unspecified atom stereocenters. The average Bonchev–Trinajstić information content (AvgIpc) is 3.28.